The Morgan fingerprint density at radius 2 is 1.50 bits per heavy atom. The fourth-order valence-corrected chi connectivity index (χ4v) is 12.3. The molecule has 5 aliphatic carbocycles. The normalized spacial score (nSPS) is 52.6. The van der Waals surface area contributed by atoms with Crippen LogP contribution in [0.5, 0.6) is 0 Å². The van der Waals surface area contributed by atoms with Crippen molar-refractivity contribution in [2.24, 2.45) is 50.2 Å². The molecule has 5 fully saturated rings. The lowest BCUT2D eigenvalue weighted by atomic mass is 9.33. The number of allylic oxidation sites excluding steroid dienone is 2. The Morgan fingerprint density at radius 1 is 0.826 bits per heavy atom. The molecule has 10 nitrogen and oxygen atoms in total. The van der Waals surface area contributed by atoms with Gasteiger partial charge in [-0.3, -0.25) is 4.79 Å². The number of carboxylic acids is 2. The second kappa shape index (κ2) is 10.7. The summed E-state index contributed by atoms with van der Waals surface area (Å²) >= 11 is 0. The number of fused-ring (bicyclic) bond motifs is 7. The highest BCUT2D eigenvalue weighted by atomic mass is 16.7. The maximum atomic E-state index is 13.0. The Morgan fingerprint density at radius 3 is 2.13 bits per heavy atom. The fourth-order valence-electron chi connectivity index (χ4n) is 12.3. The van der Waals surface area contributed by atoms with E-state index in [1.807, 2.05) is 0 Å². The summed E-state index contributed by atoms with van der Waals surface area (Å²) in [4.78, 5) is 24.7. The van der Waals surface area contributed by atoms with Crippen molar-refractivity contribution in [3.63, 3.8) is 0 Å². The van der Waals surface area contributed by atoms with E-state index in [2.05, 4.69) is 54.5 Å². The zero-order valence-corrected chi connectivity index (χ0v) is 28.5. The monoisotopic (exact) mass is 648 g/mol. The van der Waals surface area contributed by atoms with E-state index >= 15 is 0 Å². The van der Waals surface area contributed by atoms with Crippen LogP contribution < -0.4 is 0 Å². The summed E-state index contributed by atoms with van der Waals surface area (Å²) in [6.45, 7) is 15.9. The molecular formula is C36H56O10. The van der Waals surface area contributed by atoms with E-state index < -0.39 is 54.2 Å². The van der Waals surface area contributed by atoms with Crippen molar-refractivity contribution in [3.8, 4) is 0 Å². The standard InChI is InChI=1S/C36H56O10/c1-31(2)14-15-36(30(43)44)19(16-31)18-8-9-21-33(5)12-11-23(45-29-26(40)24(38)25(39)27(46-29)28(41)42)32(3,4)20(33)10-13-34(21,6)35(18,7)17-22(36)37/h8,19-27,29,37-40H,9-17H2,1-7H3,(H,41,42)(H,43,44)/t19-,20-,21+,22+,23-,24-,25-,26+,27-,29+,33-,34+,35+,36+/m0/s1. The molecule has 0 bridgehead atoms. The summed E-state index contributed by atoms with van der Waals surface area (Å²) in [5.74, 6) is -1.98. The first-order chi connectivity index (χ1) is 21.2. The number of carboxylic acid groups (broad SMARTS) is 2. The van der Waals surface area contributed by atoms with Crippen LogP contribution in [-0.2, 0) is 19.1 Å². The Labute approximate surface area is 272 Å². The molecule has 0 radical (unpaired) electrons. The van der Waals surface area contributed by atoms with Gasteiger partial charge >= 0.3 is 11.9 Å². The predicted octanol–water partition coefficient (Wildman–Crippen LogP) is 4.12. The molecule has 6 N–H and O–H groups in total. The first kappa shape index (κ1) is 34.3. The molecule has 6 rings (SSSR count). The second-order valence-corrected chi connectivity index (χ2v) is 18.0. The molecule has 1 heterocycles. The molecule has 0 aromatic heterocycles. The summed E-state index contributed by atoms with van der Waals surface area (Å²) in [6.07, 6.45) is -0.460. The zero-order valence-electron chi connectivity index (χ0n) is 28.5. The van der Waals surface area contributed by atoms with E-state index in [-0.39, 0.29) is 45.0 Å². The number of hydrogen-bond donors (Lipinski definition) is 6. The topological polar surface area (TPSA) is 174 Å². The quantitative estimate of drug-likeness (QED) is 0.192. The molecule has 1 aliphatic heterocycles. The Kier molecular flexibility index (Phi) is 7.99. The number of aliphatic hydroxyl groups is 4. The largest absolute Gasteiger partial charge is 0.481 e. The highest BCUT2D eigenvalue weighted by molar-refractivity contribution is 5.77. The van der Waals surface area contributed by atoms with Crippen LogP contribution in [0.25, 0.3) is 0 Å². The molecule has 4 saturated carbocycles. The van der Waals surface area contributed by atoms with Crippen LogP contribution in [0.3, 0.4) is 0 Å². The van der Waals surface area contributed by atoms with E-state index in [1.165, 1.54) is 5.57 Å². The maximum Gasteiger partial charge on any atom is 0.335 e. The van der Waals surface area contributed by atoms with Gasteiger partial charge in [-0.05, 0) is 103 Å². The molecule has 0 unspecified atom stereocenters. The number of rotatable bonds is 4. The van der Waals surface area contributed by atoms with Gasteiger partial charge in [0, 0.05) is 0 Å². The molecule has 46 heavy (non-hydrogen) atoms. The Hall–Kier alpha value is -1.56. The summed E-state index contributed by atoms with van der Waals surface area (Å²) in [5, 5.41) is 63.3. The molecule has 260 valence electrons. The average molecular weight is 649 g/mol. The van der Waals surface area contributed by atoms with Gasteiger partial charge in [0.2, 0.25) is 0 Å². The van der Waals surface area contributed by atoms with E-state index in [0.717, 1.165) is 38.5 Å². The lowest BCUT2D eigenvalue weighted by Gasteiger charge is -2.71. The van der Waals surface area contributed by atoms with E-state index in [0.29, 0.717) is 25.2 Å². The summed E-state index contributed by atoms with van der Waals surface area (Å²) in [7, 11) is 0. The lowest BCUT2D eigenvalue weighted by molar-refractivity contribution is -0.324. The minimum Gasteiger partial charge on any atom is -0.481 e. The third kappa shape index (κ3) is 4.49. The van der Waals surface area contributed by atoms with Gasteiger partial charge < -0.3 is 40.1 Å². The third-order valence-electron chi connectivity index (χ3n) is 15.1. The molecule has 0 aromatic carbocycles. The van der Waals surface area contributed by atoms with Crippen molar-refractivity contribution < 1.29 is 49.7 Å². The molecule has 1 saturated heterocycles. The van der Waals surface area contributed by atoms with Gasteiger partial charge in [0.1, 0.15) is 23.7 Å². The number of carbonyl (C=O) groups is 2. The fraction of sp³-hybridized carbons (Fsp3) is 0.889. The van der Waals surface area contributed by atoms with Gasteiger partial charge in [0.15, 0.2) is 12.4 Å². The minimum absolute atomic E-state index is 0.000462. The van der Waals surface area contributed by atoms with Crippen molar-refractivity contribution in [2.75, 3.05) is 0 Å². The van der Waals surface area contributed by atoms with Crippen LogP contribution in [0.1, 0.15) is 106 Å². The van der Waals surface area contributed by atoms with E-state index in [4.69, 9.17) is 9.47 Å². The van der Waals surface area contributed by atoms with Crippen molar-refractivity contribution in [2.45, 2.75) is 149 Å². The zero-order chi connectivity index (χ0) is 34.0. The van der Waals surface area contributed by atoms with Gasteiger partial charge in [-0.25, -0.2) is 4.79 Å². The SMILES string of the molecule is CC1(C)CC[C@]2(C(=O)O)[C@H](O)C[C@]3(C)C(=CC[C@@H]4[C@@]5(C)CC[C@H](O[C@@H]6O[C@H](C(=O)O)[C@@H](O)[C@H](O)[C@H]6O)C(C)(C)[C@@H]5CC[C@]43C)[C@@H]2C1. The second-order valence-electron chi connectivity index (χ2n) is 18.0. The van der Waals surface area contributed by atoms with Gasteiger partial charge in [0.25, 0.3) is 0 Å². The summed E-state index contributed by atoms with van der Waals surface area (Å²) in [6, 6.07) is 0. The van der Waals surface area contributed by atoms with E-state index in [1.54, 1.807) is 0 Å². The summed E-state index contributed by atoms with van der Waals surface area (Å²) < 4.78 is 11.9. The highest BCUT2D eigenvalue weighted by Gasteiger charge is 2.71. The molecule has 0 spiro atoms. The summed E-state index contributed by atoms with van der Waals surface area (Å²) in [5.41, 5.74) is -0.872. The first-order valence-electron chi connectivity index (χ1n) is 17.4. The first-order valence-corrected chi connectivity index (χ1v) is 17.4. The molecule has 6 aliphatic rings. The Balaban J connectivity index is 1.31. The van der Waals surface area contributed by atoms with Gasteiger partial charge in [-0.15, -0.1) is 0 Å². The van der Waals surface area contributed by atoms with Crippen molar-refractivity contribution in [1.82, 2.24) is 0 Å². The van der Waals surface area contributed by atoms with Crippen LogP contribution in [0.15, 0.2) is 11.6 Å². The van der Waals surface area contributed by atoms with Gasteiger partial charge in [-0.1, -0.05) is 60.1 Å². The molecule has 0 amide bonds. The van der Waals surface area contributed by atoms with Gasteiger partial charge in [0.05, 0.1) is 12.2 Å². The van der Waals surface area contributed by atoms with Crippen LogP contribution in [0.4, 0.5) is 0 Å². The maximum absolute atomic E-state index is 13.0. The van der Waals surface area contributed by atoms with Gasteiger partial charge in [-0.2, -0.15) is 0 Å². The number of hydrogen-bond acceptors (Lipinski definition) is 8. The van der Waals surface area contributed by atoms with Crippen molar-refractivity contribution in [1.29, 1.82) is 0 Å². The third-order valence-corrected chi connectivity index (χ3v) is 15.1. The predicted molar refractivity (Wildman–Crippen MR) is 167 cm³/mol. The highest BCUT2D eigenvalue weighted by Crippen LogP contribution is 2.76. The average Bonchev–Trinajstić information content (AvgIpc) is 2.94. The number of aliphatic hydroxyl groups excluding tert-OH is 4. The van der Waals surface area contributed by atoms with Crippen LogP contribution in [0, 0.1) is 50.2 Å². The minimum atomic E-state index is -1.77. The number of ether oxygens (including phenoxy) is 2. The van der Waals surface area contributed by atoms with Crippen LogP contribution in [0.2, 0.25) is 0 Å². The van der Waals surface area contributed by atoms with Crippen LogP contribution >= 0.6 is 0 Å². The van der Waals surface area contributed by atoms with Crippen LogP contribution in [-0.4, -0.2) is 85.5 Å². The molecule has 14 atom stereocenters. The molecule has 0 aromatic rings. The Bertz CT molecular complexity index is 1290. The number of aliphatic carboxylic acids is 2. The van der Waals surface area contributed by atoms with E-state index in [9.17, 15) is 40.2 Å². The lowest BCUT2D eigenvalue weighted by Crippen LogP contribution is -2.68. The van der Waals surface area contributed by atoms with Crippen molar-refractivity contribution >= 4 is 11.9 Å². The smallest absolute Gasteiger partial charge is 0.335 e. The molecule has 10 heteroatoms. The van der Waals surface area contributed by atoms with Crippen molar-refractivity contribution in [3.05, 3.63) is 11.6 Å². The molecular weight excluding hydrogens is 592 g/mol.